The Labute approximate surface area is 89.7 Å². The summed E-state index contributed by atoms with van der Waals surface area (Å²) in [5, 5.41) is 8.82. The Kier molecular flexibility index (Phi) is 2.63. The fourth-order valence-corrected chi connectivity index (χ4v) is 1.81. The normalized spacial score (nSPS) is 24.8. The van der Waals surface area contributed by atoms with Crippen molar-refractivity contribution < 1.29 is 23.1 Å². The van der Waals surface area contributed by atoms with E-state index in [2.05, 4.69) is 4.98 Å². The lowest BCUT2D eigenvalue weighted by Gasteiger charge is -2.18. The van der Waals surface area contributed by atoms with Gasteiger partial charge < -0.3 is 9.52 Å². The second kappa shape index (κ2) is 3.82. The molecular formula is C9H10F2N2O3. The molecule has 0 radical (unpaired) electrons. The number of carboxylic acids is 1. The molecule has 1 aromatic heterocycles. The standard InChI is InChI=1S/C9H10F2N2O3/c10-9(11)1-7(8(14)15)13(4-9)3-6-2-12-5-16-6/h2,5,7H,1,3-4H2,(H,14,15)/t7-/m1/s1. The summed E-state index contributed by atoms with van der Waals surface area (Å²) in [6, 6.07) is -1.17. The van der Waals surface area contributed by atoms with Crippen molar-refractivity contribution in [1.82, 2.24) is 9.88 Å². The highest BCUT2D eigenvalue weighted by atomic mass is 19.3. The first kappa shape index (κ1) is 11.0. The third-order valence-electron chi connectivity index (χ3n) is 2.49. The summed E-state index contributed by atoms with van der Waals surface area (Å²) in [5.74, 6) is -3.82. The van der Waals surface area contributed by atoms with Gasteiger partial charge in [-0.15, -0.1) is 0 Å². The van der Waals surface area contributed by atoms with Crippen molar-refractivity contribution in [2.24, 2.45) is 0 Å². The largest absolute Gasteiger partial charge is 0.480 e. The van der Waals surface area contributed by atoms with Crippen molar-refractivity contribution in [3.05, 3.63) is 18.4 Å². The van der Waals surface area contributed by atoms with E-state index in [4.69, 9.17) is 9.52 Å². The van der Waals surface area contributed by atoms with E-state index in [0.29, 0.717) is 5.76 Å². The molecule has 0 amide bonds. The number of aromatic nitrogens is 1. The Hall–Kier alpha value is -1.50. The summed E-state index contributed by atoms with van der Waals surface area (Å²) in [6.07, 6.45) is 1.91. The summed E-state index contributed by atoms with van der Waals surface area (Å²) >= 11 is 0. The van der Waals surface area contributed by atoms with Crippen molar-refractivity contribution >= 4 is 5.97 Å². The van der Waals surface area contributed by atoms with Crippen LogP contribution in [0.1, 0.15) is 12.2 Å². The molecule has 0 spiro atoms. The fourth-order valence-electron chi connectivity index (χ4n) is 1.81. The zero-order chi connectivity index (χ0) is 11.8. The summed E-state index contributed by atoms with van der Waals surface area (Å²) in [7, 11) is 0. The monoisotopic (exact) mass is 232 g/mol. The number of carboxylic acid groups (broad SMARTS) is 1. The molecule has 0 bridgehead atoms. The van der Waals surface area contributed by atoms with Gasteiger partial charge in [0.15, 0.2) is 6.39 Å². The number of hydrogen-bond acceptors (Lipinski definition) is 4. The van der Waals surface area contributed by atoms with E-state index in [1.165, 1.54) is 17.5 Å². The second-order valence-corrected chi connectivity index (χ2v) is 3.79. The SMILES string of the molecule is O=C(O)[C@H]1CC(F)(F)CN1Cc1cnco1. The smallest absolute Gasteiger partial charge is 0.321 e. The number of halogens is 2. The van der Waals surface area contributed by atoms with Gasteiger partial charge in [0.2, 0.25) is 0 Å². The van der Waals surface area contributed by atoms with Gasteiger partial charge in [0.05, 0.1) is 19.3 Å². The maximum atomic E-state index is 13.1. The van der Waals surface area contributed by atoms with E-state index in [1.807, 2.05) is 0 Å². The van der Waals surface area contributed by atoms with Gasteiger partial charge in [0.1, 0.15) is 11.8 Å². The molecule has 1 saturated heterocycles. The van der Waals surface area contributed by atoms with Gasteiger partial charge in [-0.2, -0.15) is 0 Å². The van der Waals surface area contributed by atoms with Gasteiger partial charge in [-0.1, -0.05) is 0 Å². The first-order chi connectivity index (χ1) is 7.48. The van der Waals surface area contributed by atoms with Crippen LogP contribution in [0, 0.1) is 0 Å². The van der Waals surface area contributed by atoms with Crippen LogP contribution in [0.25, 0.3) is 0 Å². The highest BCUT2D eigenvalue weighted by Crippen LogP contribution is 2.33. The first-order valence-electron chi connectivity index (χ1n) is 4.70. The van der Waals surface area contributed by atoms with Crippen LogP contribution in [0.2, 0.25) is 0 Å². The lowest BCUT2D eigenvalue weighted by atomic mass is 10.2. The van der Waals surface area contributed by atoms with E-state index in [9.17, 15) is 13.6 Å². The summed E-state index contributed by atoms with van der Waals surface area (Å²) in [6.45, 7) is -0.531. The Balaban J connectivity index is 2.10. The highest BCUT2D eigenvalue weighted by molar-refractivity contribution is 5.74. The first-order valence-corrected chi connectivity index (χ1v) is 4.70. The Morgan fingerprint density at radius 1 is 1.75 bits per heavy atom. The lowest BCUT2D eigenvalue weighted by Crippen LogP contribution is -2.35. The minimum atomic E-state index is -2.96. The number of nitrogens with zero attached hydrogens (tertiary/aromatic N) is 2. The Morgan fingerprint density at radius 3 is 3.06 bits per heavy atom. The number of hydrogen-bond donors (Lipinski definition) is 1. The molecule has 88 valence electrons. The van der Waals surface area contributed by atoms with E-state index >= 15 is 0 Å². The van der Waals surface area contributed by atoms with Gasteiger partial charge in [0, 0.05) is 6.42 Å². The maximum Gasteiger partial charge on any atom is 0.321 e. The predicted molar refractivity (Wildman–Crippen MR) is 47.9 cm³/mol. The summed E-state index contributed by atoms with van der Waals surface area (Å²) in [5.41, 5.74) is 0. The van der Waals surface area contributed by atoms with E-state index in [-0.39, 0.29) is 6.54 Å². The molecule has 5 nitrogen and oxygen atoms in total. The average Bonchev–Trinajstić information content (AvgIpc) is 2.74. The fraction of sp³-hybridized carbons (Fsp3) is 0.556. The molecule has 1 aliphatic rings. The van der Waals surface area contributed by atoms with E-state index < -0.39 is 30.9 Å². The molecule has 2 heterocycles. The molecule has 1 atom stereocenters. The van der Waals surface area contributed by atoms with Crippen LogP contribution in [-0.4, -0.2) is 39.5 Å². The van der Waals surface area contributed by atoms with Crippen LogP contribution < -0.4 is 0 Å². The number of alkyl halides is 2. The molecule has 1 aromatic rings. The molecule has 1 fully saturated rings. The molecule has 0 aromatic carbocycles. The lowest BCUT2D eigenvalue weighted by molar-refractivity contribution is -0.142. The van der Waals surface area contributed by atoms with Crippen molar-refractivity contribution in [3.63, 3.8) is 0 Å². The van der Waals surface area contributed by atoms with Crippen LogP contribution >= 0.6 is 0 Å². The maximum absolute atomic E-state index is 13.1. The van der Waals surface area contributed by atoms with Gasteiger partial charge >= 0.3 is 5.97 Å². The number of aliphatic carboxylic acids is 1. The molecule has 0 aliphatic carbocycles. The van der Waals surface area contributed by atoms with E-state index in [1.54, 1.807) is 0 Å². The minimum Gasteiger partial charge on any atom is -0.480 e. The minimum absolute atomic E-state index is 0.0343. The molecule has 2 rings (SSSR count). The molecule has 1 N–H and O–H groups in total. The number of likely N-dealkylation sites (tertiary alicyclic amines) is 1. The quantitative estimate of drug-likeness (QED) is 0.841. The molecule has 16 heavy (non-hydrogen) atoms. The number of oxazole rings is 1. The zero-order valence-corrected chi connectivity index (χ0v) is 8.27. The van der Waals surface area contributed by atoms with Crippen molar-refractivity contribution in [2.45, 2.75) is 24.9 Å². The topological polar surface area (TPSA) is 66.6 Å². The van der Waals surface area contributed by atoms with Crippen molar-refractivity contribution in [2.75, 3.05) is 6.54 Å². The van der Waals surface area contributed by atoms with Gasteiger partial charge in [-0.05, 0) is 0 Å². The van der Waals surface area contributed by atoms with Crippen LogP contribution in [0.4, 0.5) is 8.78 Å². The number of carbonyl (C=O) groups is 1. The summed E-state index contributed by atoms with van der Waals surface area (Å²) in [4.78, 5) is 15.6. The van der Waals surface area contributed by atoms with Crippen LogP contribution in [0.5, 0.6) is 0 Å². The Bertz CT molecular complexity index is 380. The Morgan fingerprint density at radius 2 is 2.50 bits per heavy atom. The number of rotatable bonds is 3. The molecule has 0 unspecified atom stereocenters. The van der Waals surface area contributed by atoms with Crippen LogP contribution in [-0.2, 0) is 11.3 Å². The molecule has 0 saturated carbocycles. The highest BCUT2D eigenvalue weighted by Gasteiger charge is 2.48. The zero-order valence-electron chi connectivity index (χ0n) is 8.27. The van der Waals surface area contributed by atoms with E-state index in [0.717, 1.165) is 0 Å². The average molecular weight is 232 g/mol. The summed E-state index contributed by atoms with van der Waals surface area (Å²) < 4.78 is 31.1. The van der Waals surface area contributed by atoms with Crippen LogP contribution in [0.3, 0.4) is 0 Å². The molecule has 7 heteroatoms. The second-order valence-electron chi connectivity index (χ2n) is 3.79. The van der Waals surface area contributed by atoms with Crippen molar-refractivity contribution in [1.29, 1.82) is 0 Å². The third-order valence-corrected chi connectivity index (χ3v) is 2.49. The third kappa shape index (κ3) is 2.19. The van der Waals surface area contributed by atoms with Gasteiger partial charge in [0.25, 0.3) is 5.92 Å². The van der Waals surface area contributed by atoms with Crippen molar-refractivity contribution in [3.8, 4) is 0 Å². The molecular weight excluding hydrogens is 222 g/mol. The van der Waals surface area contributed by atoms with Gasteiger partial charge in [-0.3, -0.25) is 9.69 Å². The molecule has 1 aliphatic heterocycles. The van der Waals surface area contributed by atoms with Gasteiger partial charge in [-0.25, -0.2) is 13.8 Å². The predicted octanol–water partition coefficient (Wildman–Crippen LogP) is 0.969. The van der Waals surface area contributed by atoms with Crippen LogP contribution in [0.15, 0.2) is 17.0 Å².